The van der Waals surface area contributed by atoms with Gasteiger partial charge in [0.25, 0.3) is 5.91 Å². The van der Waals surface area contributed by atoms with Crippen molar-refractivity contribution in [1.29, 1.82) is 0 Å². The maximum atomic E-state index is 13.6. The molecule has 0 saturated heterocycles. The molecule has 0 heterocycles. The van der Waals surface area contributed by atoms with Crippen LogP contribution in [0.1, 0.15) is 30.6 Å². The predicted molar refractivity (Wildman–Crippen MR) is 74.1 cm³/mol. The van der Waals surface area contributed by atoms with Gasteiger partial charge in [0, 0.05) is 11.6 Å². The van der Waals surface area contributed by atoms with Crippen LogP contribution in [0.4, 0.5) is 22.0 Å². The third kappa shape index (κ3) is 3.10. The Morgan fingerprint density at radius 3 is 2.04 bits per heavy atom. The number of hydrogen-bond donors (Lipinski definition) is 1. The molecule has 0 saturated carbocycles. The lowest BCUT2D eigenvalue weighted by Crippen LogP contribution is -2.30. The Labute approximate surface area is 133 Å². The molecule has 1 aromatic carbocycles. The Bertz CT molecular complexity index is 728. The number of benzene rings is 1. The van der Waals surface area contributed by atoms with Gasteiger partial charge in [-0.15, -0.1) is 0 Å². The lowest BCUT2D eigenvalue weighted by atomic mass is 9.93. The zero-order valence-electron chi connectivity index (χ0n) is 12.0. The van der Waals surface area contributed by atoms with Crippen LogP contribution in [0.2, 0.25) is 0 Å². The predicted octanol–water partition coefficient (Wildman–Crippen LogP) is 4.55. The first-order chi connectivity index (χ1) is 10.6. The summed E-state index contributed by atoms with van der Waals surface area (Å²) in [7, 11) is 0. The number of nitrogens with one attached hydrogen (secondary N) is 1. The smallest absolute Gasteiger partial charge is 0.261 e. The van der Waals surface area contributed by atoms with Crippen molar-refractivity contribution >= 4 is 17.5 Å². The van der Waals surface area contributed by atoms with Crippen molar-refractivity contribution in [2.24, 2.45) is 5.92 Å². The first-order valence-corrected chi connectivity index (χ1v) is 6.92. The van der Waals surface area contributed by atoms with Gasteiger partial charge in [-0.2, -0.15) is 0 Å². The van der Waals surface area contributed by atoms with Crippen molar-refractivity contribution in [3.8, 4) is 0 Å². The normalized spacial score (nSPS) is 18.1. The summed E-state index contributed by atoms with van der Waals surface area (Å²) < 4.78 is 66.5. The molecule has 124 valence electrons. The number of rotatable bonds is 2. The molecule has 0 fully saturated rings. The van der Waals surface area contributed by atoms with E-state index in [9.17, 15) is 26.7 Å². The molecule has 0 aromatic heterocycles. The van der Waals surface area contributed by atoms with Gasteiger partial charge in [-0.3, -0.25) is 4.79 Å². The van der Waals surface area contributed by atoms with Gasteiger partial charge in [-0.1, -0.05) is 24.1 Å². The molecule has 2 nitrogen and oxygen atoms in total. The molecule has 0 aliphatic heterocycles. The zero-order chi connectivity index (χ0) is 17.5. The minimum atomic E-state index is -2.32. The summed E-state index contributed by atoms with van der Waals surface area (Å²) in [4.78, 5) is 12.0. The maximum absolute atomic E-state index is 13.6. The lowest BCUT2D eigenvalue weighted by molar-refractivity contribution is 0.0949. The summed E-state index contributed by atoms with van der Waals surface area (Å²) in [6.07, 6.45) is 2.08. The average Bonchev–Trinajstić information content (AvgIpc) is 2.47. The molecule has 1 N–H and O–H groups in total. The number of hydrogen-bond acceptors (Lipinski definition) is 1. The van der Waals surface area contributed by atoms with Crippen molar-refractivity contribution in [3.63, 3.8) is 0 Å². The van der Waals surface area contributed by atoms with Gasteiger partial charge in [0.1, 0.15) is 5.56 Å². The molecule has 1 amide bonds. The first kappa shape index (κ1) is 17.5. The minimum Gasteiger partial charge on any atom is -0.324 e. The average molecular weight is 352 g/mol. The second-order valence-electron chi connectivity index (χ2n) is 5.26. The van der Waals surface area contributed by atoms with E-state index < -0.39 is 40.6 Å². The summed E-state index contributed by atoms with van der Waals surface area (Å²) in [5.74, 6) is -12.8. The fraction of sp³-hybridized carbons (Fsp3) is 0.267. The van der Waals surface area contributed by atoms with Crippen LogP contribution >= 0.6 is 11.6 Å². The largest absolute Gasteiger partial charge is 0.324 e. The van der Waals surface area contributed by atoms with Crippen molar-refractivity contribution in [3.05, 3.63) is 57.0 Å². The van der Waals surface area contributed by atoms with Crippen molar-refractivity contribution in [1.82, 2.24) is 5.32 Å². The molecular formula is C15H11ClF5NO. The summed E-state index contributed by atoms with van der Waals surface area (Å²) in [5.41, 5.74) is -0.459. The number of carbonyl (C=O) groups is 1. The molecule has 1 aliphatic rings. The summed E-state index contributed by atoms with van der Waals surface area (Å²) >= 11 is 5.96. The molecule has 0 spiro atoms. The number of halogens is 6. The minimum absolute atomic E-state index is 0.137. The van der Waals surface area contributed by atoms with E-state index in [1.54, 1.807) is 13.0 Å². The highest BCUT2D eigenvalue weighted by Crippen LogP contribution is 2.30. The molecule has 1 aromatic rings. The highest BCUT2D eigenvalue weighted by Gasteiger charge is 2.31. The van der Waals surface area contributed by atoms with E-state index >= 15 is 0 Å². The van der Waals surface area contributed by atoms with Gasteiger partial charge < -0.3 is 5.32 Å². The van der Waals surface area contributed by atoms with Gasteiger partial charge >= 0.3 is 0 Å². The van der Waals surface area contributed by atoms with Crippen LogP contribution in [-0.4, -0.2) is 5.91 Å². The van der Waals surface area contributed by atoms with Crippen LogP contribution in [0.25, 0.3) is 0 Å². The fourth-order valence-corrected chi connectivity index (χ4v) is 2.77. The van der Waals surface area contributed by atoms with Gasteiger partial charge in [-0.05, 0) is 19.4 Å². The van der Waals surface area contributed by atoms with Gasteiger partial charge in [0.05, 0.1) is 5.03 Å². The van der Waals surface area contributed by atoms with Crippen LogP contribution in [0.3, 0.4) is 0 Å². The third-order valence-electron chi connectivity index (χ3n) is 3.44. The molecule has 0 radical (unpaired) electrons. The van der Waals surface area contributed by atoms with E-state index in [1.165, 1.54) is 0 Å². The van der Waals surface area contributed by atoms with Gasteiger partial charge in [0.15, 0.2) is 23.3 Å². The van der Waals surface area contributed by atoms with E-state index in [4.69, 9.17) is 11.6 Å². The van der Waals surface area contributed by atoms with Crippen LogP contribution in [0.15, 0.2) is 22.4 Å². The fourth-order valence-electron chi connectivity index (χ4n) is 2.35. The number of amides is 1. The molecule has 1 aliphatic carbocycles. The summed E-state index contributed by atoms with van der Waals surface area (Å²) in [5, 5.41) is 2.28. The standard InChI is InChI=1S/C15H11ClF5NO/c1-5-3-6(2)14(7(16)4-5)22-15(23)8-9(17)11(19)13(21)12(20)10(8)18/h4,6H,3H2,1-2H3,(H,22,23). The monoisotopic (exact) mass is 351 g/mol. The Morgan fingerprint density at radius 2 is 1.57 bits per heavy atom. The zero-order valence-corrected chi connectivity index (χ0v) is 12.8. The third-order valence-corrected chi connectivity index (χ3v) is 3.75. The van der Waals surface area contributed by atoms with Crippen molar-refractivity contribution < 1.29 is 26.7 Å². The summed E-state index contributed by atoms with van der Waals surface area (Å²) in [6, 6.07) is 0. The Hall–Kier alpha value is -1.89. The highest BCUT2D eigenvalue weighted by atomic mass is 35.5. The van der Waals surface area contributed by atoms with Gasteiger partial charge in [-0.25, -0.2) is 22.0 Å². The van der Waals surface area contributed by atoms with E-state index in [0.29, 0.717) is 6.42 Å². The molecular weight excluding hydrogens is 341 g/mol. The topological polar surface area (TPSA) is 29.1 Å². The second kappa shape index (κ2) is 6.31. The van der Waals surface area contributed by atoms with E-state index in [2.05, 4.69) is 5.32 Å². The van der Waals surface area contributed by atoms with E-state index in [-0.39, 0.29) is 16.6 Å². The van der Waals surface area contributed by atoms with Crippen molar-refractivity contribution in [2.45, 2.75) is 20.3 Å². The molecule has 8 heteroatoms. The Balaban J connectivity index is 2.46. The van der Waals surface area contributed by atoms with Crippen LogP contribution in [-0.2, 0) is 0 Å². The highest BCUT2D eigenvalue weighted by molar-refractivity contribution is 6.31. The van der Waals surface area contributed by atoms with Crippen molar-refractivity contribution in [2.75, 3.05) is 0 Å². The quantitative estimate of drug-likeness (QED) is 0.473. The maximum Gasteiger partial charge on any atom is 0.261 e. The molecule has 1 unspecified atom stereocenters. The Kier molecular flexibility index (Phi) is 4.79. The SMILES string of the molecule is CC1=CC(Cl)=C(NC(=O)c2c(F)c(F)c(F)c(F)c2F)C(C)C1. The van der Waals surface area contributed by atoms with Gasteiger partial charge in [0.2, 0.25) is 5.82 Å². The number of carbonyl (C=O) groups excluding carboxylic acids is 1. The summed E-state index contributed by atoms with van der Waals surface area (Å²) in [6.45, 7) is 3.51. The molecule has 2 rings (SSSR count). The van der Waals surface area contributed by atoms with Crippen LogP contribution < -0.4 is 5.32 Å². The van der Waals surface area contributed by atoms with E-state index in [0.717, 1.165) is 5.57 Å². The molecule has 23 heavy (non-hydrogen) atoms. The molecule has 1 atom stereocenters. The van der Waals surface area contributed by atoms with Crippen LogP contribution in [0.5, 0.6) is 0 Å². The van der Waals surface area contributed by atoms with E-state index in [1.807, 2.05) is 6.92 Å². The Morgan fingerprint density at radius 1 is 1.09 bits per heavy atom. The van der Waals surface area contributed by atoms with Crippen LogP contribution in [0, 0.1) is 35.0 Å². The second-order valence-corrected chi connectivity index (χ2v) is 5.66. The molecule has 0 bridgehead atoms. The lowest BCUT2D eigenvalue weighted by Gasteiger charge is -2.23. The first-order valence-electron chi connectivity index (χ1n) is 6.54. The number of allylic oxidation sites excluding steroid dienone is 4.